The molecule has 0 unspecified atom stereocenters. The Morgan fingerprint density at radius 3 is 1.47 bits per heavy atom. The second-order valence-corrected chi connectivity index (χ2v) is 6.59. The van der Waals surface area contributed by atoms with Crippen molar-refractivity contribution in [1.82, 2.24) is 0 Å². The first-order valence-corrected chi connectivity index (χ1v) is 9.54. The molecule has 4 rings (SSSR count). The second kappa shape index (κ2) is 8.88. The topological polar surface area (TPSA) is 46.6 Å². The highest BCUT2D eigenvalue weighted by Gasteiger charge is 2.20. The average Bonchev–Trinajstić information content (AvgIpc) is 2.81. The van der Waals surface area contributed by atoms with E-state index >= 15 is 0 Å². The number of ketones is 1. The fourth-order valence-corrected chi connectivity index (χ4v) is 3.09. The number of amides is 1. The van der Waals surface area contributed by atoms with Gasteiger partial charge in [0.15, 0.2) is 5.78 Å². The quantitative estimate of drug-likeness (QED) is 0.376. The predicted octanol–water partition coefficient (Wildman–Crippen LogP) is 6.25. The fourth-order valence-electron chi connectivity index (χ4n) is 3.09. The molecule has 0 atom stereocenters. The number of rotatable bonds is 5. The number of carbonyl (C=O) groups excluding carboxylic acids is 2. The van der Waals surface area contributed by atoms with Crippen molar-refractivity contribution in [3.8, 4) is 5.75 Å². The Bertz CT molecular complexity index is 1090. The highest BCUT2D eigenvalue weighted by atomic mass is 16.6. The molecule has 4 aromatic rings. The van der Waals surface area contributed by atoms with Crippen LogP contribution < -0.4 is 9.64 Å². The van der Waals surface area contributed by atoms with Crippen LogP contribution in [0.25, 0.3) is 0 Å². The number of hydrogen-bond donors (Lipinski definition) is 0. The van der Waals surface area contributed by atoms with Crippen LogP contribution in [0, 0.1) is 0 Å². The van der Waals surface area contributed by atoms with Crippen LogP contribution in [-0.2, 0) is 0 Å². The Hall–Kier alpha value is -4.18. The Kier molecular flexibility index (Phi) is 5.67. The van der Waals surface area contributed by atoms with Gasteiger partial charge < -0.3 is 4.74 Å². The molecule has 30 heavy (non-hydrogen) atoms. The van der Waals surface area contributed by atoms with E-state index < -0.39 is 6.09 Å². The minimum Gasteiger partial charge on any atom is -0.410 e. The van der Waals surface area contributed by atoms with Crippen molar-refractivity contribution < 1.29 is 14.3 Å². The van der Waals surface area contributed by atoms with Gasteiger partial charge in [-0.1, -0.05) is 66.7 Å². The third-order valence-electron chi connectivity index (χ3n) is 4.57. The standard InChI is InChI=1S/C26H19NO3/c28-25(20-10-4-1-5-11-20)21-16-18-24(19-17-21)30-26(29)27(22-12-6-2-7-13-22)23-14-8-3-9-15-23/h1-19H. The summed E-state index contributed by atoms with van der Waals surface area (Å²) in [5, 5.41) is 0. The minimum absolute atomic E-state index is 0.0799. The highest BCUT2D eigenvalue weighted by molar-refractivity contribution is 6.09. The van der Waals surface area contributed by atoms with Gasteiger partial charge in [0.1, 0.15) is 5.75 Å². The van der Waals surface area contributed by atoms with Crippen molar-refractivity contribution in [3.05, 3.63) is 126 Å². The van der Waals surface area contributed by atoms with Gasteiger partial charge in [0.2, 0.25) is 0 Å². The van der Waals surface area contributed by atoms with Crippen LogP contribution >= 0.6 is 0 Å². The number of para-hydroxylation sites is 2. The molecule has 0 saturated heterocycles. The van der Waals surface area contributed by atoms with Crippen molar-refractivity contribution >= 4 is 23.3 Å². The van der Waals surface area contributed by atoms with Gasteiger partial charge in [-0.05, 0) is 48.5 Å². The van der Waals surface area contributed by atoms with Gasteiger partial charge in [-0.2, -0.15) is 0 Å². The van der Waals surface area contributed by atoms with E-state index in [4.69, 9.17) is 4.74 Å². The lowest BCUT2D eigenvalue weighted by Gasteiger charge is -2.22. The summed E-state index contributed by atoms with van der Waals surface area (Å²) in [6.45, 7) is 0. The van der Waals surface area contributed by atoms with Crippen LogP contribution in [0.1, 0.15) is 15.9 Å². The van der Waals surface area contributed by atoms with Gasteiger partial charge in [0.25, 0.3) is 0 Å². The molecular weight excluding hydrogens is 374 g/mol. The molecule has 4 aromatic carbocycles. The largest absolute Gasteiger partial charge is 0.424 e. The van der Waals surface area contributed by atoms with E-state index in [1.807, 2.05) is 78.9 Å². The number of carbonyl (C=O) groups is 2. The summed E-state index contributed by atoms with van der Waals surface area (Å²) in [6, 6.07) is 34.2. The van der Waals surface area contributed by atoms with Gasteiger partial charge in [-0.3, -0.25) is 4.79 Å². The lowest BCUT2D eigenvalue weighted by molar-refractivity contribution is 0.103. The minimum atomic E-state index is -0.533. The lowest BCUT2D eigenvalue weighted by atomic mass is 10.0. The van der Waals surface area contributed by atoms with Crippen LogP contribution in [0.4, 0.5) is 16.2 Å². The normalized spacial score (nSPS) is 10.3. The van der Waals surface area contributed by atoms with Gasteiger partial charge in [0.05, 0.1) is 11.4 Å². The number of hydrogen-bond acceptors (Lipinski definition) is 3. The van der Waals surface area contributed by atoms with Gasteiger partial charge >= 0.3 is 6.09 Å². The van der Waals surface area contributed by atoms with E-state index in [1.165, 1.54) is 4.90 Å². The molecule has 0 spiro atoms. The van der Waals surface area contributed by atoms with E-state index in [2.05, 4.69) is 0 Å². The Morgan fingerprint density at radius 1 is 0.533 bits per heavy atom. The van der Waals surface area contributed by atoms with Crippen molar-refractivity contribution in [2.75, 3.05) is 4.90 Å². The van der Waals surface area contributed by atoms with E-state index in [1.54, 1.807) is 36.4 Å². The summed E-state index contributed by atoms with van der Waals surface area (Å²) < 4.78 is 5.60. The summed E-state index contributed by atoms with van der Waals surface area (Å²) in [5.74, 6) is 0.283. The maximum Gasteiger partial charge on any atom is 0.424 e. The Balaban J connectivity index is 1.55. The highest BCUT2D eigenvalue weighted by Crippen LogP contribution is 2.27. The molecule has 0 aliphatic carbocycles. The van der Waals surface area contributed by atoms with Gasteiger partial charge in [-0.25, -0.2) is 9.69 Å². The first-order chi connectivity index (χ1) is 14.7. The first-order valence-electron chi connectivity index (χ1n) is 9.54. The summed E-state index contributed by atoms with van der Waals surface area (Å²) in [7, 11) is 0. The van der Waals surface area contributed by atoms with Crippen LogP contribution in [0.15, 0.2) is 115 Å². The Labute approximate surface area is 175 Å². The van der Waals surface area contributed by atoms with Crippen LogP contribution in [-0.4, -0.2) is 11.9 Å². The number of anilines is 2. The molecule has 4 nitrogen and oxygen atoms in total. The second-order valence-electron chi connectivity index (χ2n) is 6.59. The molecular formula is C26H19NO3. The van der Waals surface area contributed by atoms with Crippen LogP contribution in [0.5, 0.6) is 5.75 Å². The summed E-state index contributed by atoms with van der Waals surface area (Å²) >= 11 is 0. The van der Waals surface area contributed by atoms with Gasteiger partial charge in [0, 0.05) is 11.1 Å². The average molecular weight is 393 g/mol. The molecule has 0 heterocycles. The van der Waals surface area contributed by atoms with E-state index in [9.17, 15) is 9.59 Å². The third kappa shape index (κ3) is 4.28. The summed E-state index contributed by atoms with van der Waals surface area (Å²) in [5.41, 5.74) is 2.54. The monoisotopic (exact) mass is 393 g/mol. The molecule has 0 aliphatic rings. The van der Waals surface area contributed by atoms with Crippen molar-refractivity contribution in [1.29, 1.82) is 0 Å². The van der Waals surface area contributed by atoms with Crippen LogP contribution in [0.2, 0.25) is 0 Å². The molecule has 146 valence electrons. The van der Waals surface area contributed by atoms with E-state index in [0.29, 0.717) is 28.3 Å². The maximum absolute atomic E-state index is 13.0. The summed E-state index contributed by atoms with van der Waals surface area (Å²) in [6.07, 6.45) is -0.533. The van der Waals surface area contributed by atoms with E-state index in [-0.39, 0.29) is 5.78 Å². The zero-order chi connectivity index (χ0) is 20.8. The van der Waals surface area contributed by atoms with Crippen LogP contribution in [0.3, 0.4) is 0 Å². The number of nitrogens with zero attached hydrogens (tertiary/aromatic N) is 1. The number of benzene rings is 4. The molecule has 0 N–H and O–H groups in total. The Morgan fingerprint density at radius 2 is 0.967 bits per heavy atom. The first kappa shape index (κ1) is 19.2. The molecule has 4 heteroatoms. The van der Waals surface area contributed by atoms with Crippen molar-refractivity contribution in [2.45, 2.75) is 0 Å². The fraction of sp³-hybridized carbons (Fsp3) is 0. The van der Waals surface area contributed by atoms with Crippen molar-refractivity contribution in [2.24, 2.45) is 0 Å². The zero-order valence-electron chi connectivity index (χ0n) is 16.1. The summed E-state index contributed by atoms with van der Waals surface area (Å²) in [4.78, 5) is 27.0. The lowest BCUT2D eigenvalue weighted by Crippen LogP contribution is -2.29. The molecule has 0 fully saturated rings. The molecule has 1 amide bonds. The smallest absolute Gasteiger partial charge is 0.410 e. The molecule has 0 radical (unpaired) electrons. The predicted molar refractivity (Wildman–Crippen MR) is 117 cm³/mol. The molecule has 0 bridgehead atoms. The third-order valence-corrected chi connectivity index (χ3v) is 4.57. The molecule has 0 aromatic heterocycles. The van der Waals surface area contributed by atoms with Gasteiger partial charge in [-0.15, -0.1) is 0 Å². The zero-order valence-corrected chi connectivity index (χ0v) is 16.1. The maximum atomic E-state index is 13.0. The SMILES string of the molecule is O=C(c1ccccc1)c1ccc(OC(=O)N(c2ccccc2)c2ccccc2)cc1. The van der Waals surface area contributed by atoms with Crippen molar-refractivity contribution in [3.63, 3.8) is 0 Å². The molecule has 0 saturated carbocycles. The number of ether oxygens (including phenoxy) is 1. The molecule has 0 aliphatic heterocycles. The van der Waals surface area contributed by atoms with E-state index in [0.717, 1.165) is 0 Å².